The molecule has 1 saturated heterocycles. The van der Waals surface area contributed by atoms with Gasteiger partial charge in [-0.2, -0.15) is 13.2 Å². The number of pyridine rings is 1. The Bertz CT molecular complexity index is 1140. The maximum Gasteiger partial charge on any atom is 0.417 e. The second-order valence-corrected chi connectivity index (χ2v) is 9.32. The second-order valence-electron chi connectivity index (χ2n) is 7.42. The van der Waals surface area contributed by atoms with E-state index < -0.39 is 22.7 Å². The van der Waals surface area contributed by atoms with Gasteiger partial charge in [-0.1, -0.05) is 39.3 Å². The number of benzene rings is 2. The largest absolute Gasteiger partial charge is 0.417 e. The Balaban J connectivity index is 0.000000343. The summed E-state index contributed by atoms with van der Waals surface area (Å²) in [7, 11) is 0.851. The zero-order valence-corrected chi connectivity index (χ0v) is 23.9. The van der Waals surface area contributed by atoms with E-state index in [9.17, 15) is 22.2 Å². The molecule has 1 unspecified atom stereocenters. The number of carbonyl (C=O) groups excluding carboxylic acids is 1. The molecule has 1 N–H and O–H groups in total. The number of hydrogen-bond donors (Lipinski definition) is 1. The van der Waals surface area contributed by atoms with Crippen molar-refractivity contribution in [3.05, 3.63) is 76.9 Å². The highest BCUT2D eigenvalue weighted by Gasteiger charge is 2.30. The molecule has 0 spiro atoms. The van der Waals surface area contributed by atoms with Gasteiger partial charge in [0.15, 0.2) is 0 Å². The van der Waals surface area contributed by atoms with Crippen LogP contribution >= 0.6 is 11.6 Å². The molecule has 208 valence electrons. The molecular weight excluding hydrogens is 535 g/mol. The number of aldehydes is 1. The molecule has 1 aromatic heterocycles. The van der Waals surface area contributed by atoms with Crippen LogP contribution in [0.5, 0.6) is 0 Å². The topological polar surface area (TPSA) is 62.3 Å². The van der Waals surface area contributed by atoms with Gasteiger partial charge in [0.2, 0.25) is 0 Å². The fourth-order valence-corrected chi connectivity index (χ4v) is 4.83. The van der Waals surface area contributed by atoms with Crippen molar-refractivity contribution in [3.63, 3.8) is 0 Å². The van der Waals surface area contributed by atoms with E-state index in [1.807, 2.05) is 44.1 Å². The Kier molecular flexibility index (Phi) is 14.7. The number of halogens is 4. The molecular formula is C28H35ClF3N3O2S. The van der Waals surface area contributed by atoms with Crippen LogP contribution in [0.3, 0.4) is 0 Å². The summed E-state index contributed by atoms with van der Waals surface area (Å²) in [6.45, 7) is 8.84. The van der Waals surface area contributed by atoms with E-state index in [4.69, 9.17) is 11.6 Å². The van der Waals surface area contributed by atoms with Crippen molar-refractivity contribution in [2.75, 3.05) is 29.0 Å². The maximum absolute atomic E-state index is 12.4. The molecule has 0 amide bonds. The minimum Gasteiger partial charge on any atom is -0.388 e. The molecule has 0 aliphatic carbocycles. The molecule has 5 nitrogen and oxygen atoms in total. The fourth-order valence-electron chi connectivity index (χ4n) is 3.26. The lowest BCUT2D eigenvalue weighted by Crippen LogP contribution is -2.32. The van der Waals surface area contributed by atoms with E-state index in [0.717, 1.165) is 55.1 Å². The lowest BCUT2D eigenvalue weighted by Gasteiger charge is -2.27. The van der Waals surface area contributed by atoms with Gasteiger partial charge in [0, 0.05) is 48.0 Å². The van der Waals surface area contributed by atoms with Crippen LogP contribution in [0.15, 0.2) is 60.8 Å². The molecule has 1 aliphatic heterocycles. The van der Waals surface area contributed by atoms with E-state index in [2.05, 4.69) is 10.3 Å². The lowest BCUT2D eigenvalue weighted by molar-refractivity contribution is -0.137. The fraction of sp³-hybridized carbons (Fsp3) is 0.357. The first-order valence-corrected chi connectivity index (χ1v) is 14.1. The van der Waals surface area contributed by atoms with Crippen LogP contribution in [0.25, 0.3) is 11.3 Å². The predicted octanol–water partition coefficient (Wildman–Crippen LogP) is 8.28. The first-order chi connectivity index (χ1) is 18.2. The van der Waals surface area contributed by atoms with Gasteiger partial charge in [0.05, 0.1) is 16.3 Å². The smallest absolute Gasteiger partial charge is 0.388 e. The Morgan fingerprint density at radius 2 is 1.66 bits per heavy atom. The van der Waals surface area contributed by atoms with Gasteiger partial charge in [0.1, 0.15) is 17.3 Å². The summed E-state index contributed by atoms with van der Waals surface area (Å²) in [5.74, 6) is 0.745. The Morgan fingerprint density at radius 3 is 2.16 bits per heavy atom. The molecule has 2 heterocycles. The zero-order chi connectivity index (χ0) is 28.7. The lowest BCUT2D eigenvalue weighted by atomic mass is 10.1. The van der Waals surface area contributed by atoms with Crippen molar-refractivity contribution < 1.29 is 22.2 Å². The summed E-state index contributed by atoms with van der Waals surface area (Å²) >= 11 is 6.03. The number of aromatic nitrogens is 1. The number of nitrogens with one attached hydrogen (secondary N) is 1. The van der Waals surface area contributed by atoms with Crippen molar-refractivity contribution in [3.8, 4) is 11.3 Å². The highest BCUT2D eigenvalue weighted by molar-refractivity contribution is 7.86. The van der Waals surface area contributed by atoms with Crippen molar-refractivity contribution in [2.24, 2.45) is 0 Å². The summed E-state index contributed by atoms with van der Waals surface area (Å²) in [6, 6.07) is 14.7. The number of hydrogen-bond acceptors (Lipinski definition) is 4. The summed E-state index contributed by atoms with van der Waals surface area (Å²) in [5, 5.41) is 3.37. The number of nitrogens with zero attached hydrogens (tertiary/aromatic N) is 2. The molecule has 1 atom stereocenters. The number of carbonyl (C=O) groups is 1. The highest BCUT2D eigenvalue weighted by Crippen LogP contribution is 2.32. The van der Waals surface area contributed by atoms with Crippen LogP contribution in [-0.2, 0) is 17.2 Å². The van der Waals surface area contributed by atoms with Gasteiger partial charge in [0.25, 0.3) is 0 Å². The minimum absolute atomic E-state index is 0.398. The van der Waals surface area contributed by atoms with Crippen molar-refractivity contribution in [2.45, 2.75) is 46.7 Å². The van der Waals surface area contributed by atoms with Gasteiger partial charge < -0.3 is 5.32 Å². The molecule has 0 bridgehead atoms. The Hall–Kier alpha value is -2.91. The summed E-state index contributed by atoms with van der Waals surface area (Å²) in [5.41, 5.74) is 2.61. The average Bonchev–Trinajstić information content (AvgIpc) is 2.96. The molecule has 0 saturated carbocycles. The normalized spacial score (nSPS) is 14.4. The minimum atomic E-state index is -4.39. The zero-order valence-electron chi connectivity index (χ0n) is 22.3. The monoisotopic (exact) mass is 569 g/mol. The molecule has 4 rings (SSSR count). The van der Waals surface area contributed by atoms with E-state index in [1.54, 1.807) is 37.4 Å². The van der Waals surface area contributed by atoms with Gasteiger partial charge in [-0.25, -0.2) is 4.21 Å². The van der Waals surface area contributed by atoms with E-state index in [1.165, 1.54) is 6.07 Å². The maximum atomic E-state index is 12.4. The van der Waals surface area contributed by atoms with Crippen LogP contribution in [-0.4, -0.2) is 34.8 Å². The first kappa shape index (κ1) is 33.1. The first-order valence-electron chi connectivity index (χ1n) is 12.4. The summed E-state index contributed by atoms with van der Waals surface area (Å²) in [4.78, 5) is 14.3. The third kappa shape index (κ3) is 9.76. The third-order valence-corrected chi connectivity index (χ3v) is 6.97. The highest BCUT2D eigenvalue weighted by atomic mass is 35.5. The molecule has 10 heteroatoms. The van der Waals surface area contributed by atoms with Crippen molar-refractivity contribution in [1.29, 1.82) is 0 Å². The van der Waals surface area contributed by atoms with Gasteiger partial charge in [-0.05, 0) is 67.4 Å². The number of alkyl halides is 3. The molecule has 1 fully saturated rings. The summed E-state index contributed by atoms with van der Waals surface area (Å²) in [6.07, 6.45) is -0.645. The average molecular weight is 570 g/mol. The van der Waals surface area contributed by atoms with Gasteiger partial charge in [-0.15, -0.1) is 0 Å². The Labute approximate surface area is 231 Å². The van der Waals surface area contributed by atoms with Crippen LogP contribution < -0.4 is 9.62 Å². The Morgan fingerprint density at radius 1 is 1.00 bits per heavy atom. The summed E-state index contributed by atoms with van der Waals surface area (Å²) < 4.78 is 50.9. The SMILES string of the molecule is CC.CC.CNc1ccc(Cl)c(-c2ccc(C(F)(F)F)cn2)c1.O=Cc1ccc(N2CCCCS2=O)cc1. The molecule has 0 radical (unpaired) electrons. The number of anilines is 2. The van der Waals surface area contributed by atoms with Gasteiger partial charge in [-0.3, -0.25) is 14.1 Å². The molecule has 3 aromatic rings. The van der Waals surface area contributed by atoms with E-state index in [-0.39, 0.29) is 0 Å². The number of rotatable bonds is 4. The quantitative estimate of drug-likeness (QED) is 0.321. The van der Waals surface area contributed by atoms with Crippen LogP contribution in [0.1, 0.15) is 56.5 Å². The van der Waals surface area contributed by atoms with Crippen LogP contribution in [0.4, 0.5) is 24.5 Å². The van der Waals surface area contributed by atoms with Crippen LogP contribution in [0.2, 0.25) is 5.02 Å². The van der Waals surface area contributed by atoms with E-state index >= 15 is 0 Å². The third-order valence-electron chi connectivity index (χ3n) is 5.11. The molecule has 1 aliphatic rings. The predicted molar refractivity (Wildman–Crippen MR) is 153 cm³/mol. The molecule has 2 aromatic carbocycles. The van der Waals surface area contributed by atoms with E-state index in [0.29, 0.717) is 21.8 Å². The van der Waals surface area contributed by atoms with Crippen molar-refractivity contribution >= 4 is 40.2 Å². The standard InChI is InChI=1S/C13H10ClF3N2.C11H13NO2S.2C2H6/c1-18-9-3-4-11(14)10(6-9)12-5-2-8(7-19-12)13(15,16)17;13-9-10-3-5-11(6-4-10)12-7-1-2-8-15(12)14;2*1-2/h2-7,18H,1H3;3-6,9H,1-2,7-8H2;2*1-2H3. The van der Waals surface area contributed by atoms with Gasteiger partial charge >= 0.3 is 6.18 Å². The second kappa shape index (κ2) is 16.8. The molecule has 38 heavy (non-hydrogen) atoms. The van der Waals surface area contributed by atoms with Crippen LogP contribution in [0, 0.1) is 0 Å². The van der Waals surface area contributed by atoms with Crippen molar-refractivity contribution in [1.82, 2.24) is 4.98 Å².